The standard InChI is InChI=1S/C13H17ClFN2O7P/c1-6(2)23-25(20)21-5-8-9(24-25)13(14,15)11(22-8)17-4-7(3)10(18)16-12(17)19/h4,6,8-9,11H,5H2,1-3H3,(H,16,18,19)/t8-,9-,11-,13+,25?/m1/s1. The zero-order valence-corrected chi connectivity index (χ0v) is 15.3. The molecule has 9 nitrogen and oxygen atoms in total. The molecule has 3 heterocycles. The van der Waals surface area contributed by atoms with Crippen molar-refractivity contribution in [3.05, 3.63) is 32.6 Å². The molecule has 5 atom stereocenters. The highest BCUT2D eigenvalue weighted by Gasteiger charge is 2.63. The molecule has 2 aliphatic heterocycles. The molecule has 1 aromatic heterocycles. The van der Waals surface area contributed by atoms with Crippen LogP contribution in [0, 0.1) is 6.92 Å². The topological polar surface area (TPSA) is 109 Å². The lowest BCUT2D eigenvalue weighted by Crippen LogP contribution is -2.45. The first-order chi connectivity index (χ1) is 11.5. The smallest absolute Gasteiger partial charge is 0.344 e. The molecule has 0 aliphatic carbocycles. The Morgan fingerprint density at radius 3 is 2.84 bits per heavy atom. The number of hydrogen-bond acceptors (Lipinski definition) is 7. The molecule has 2 saturated heterocycles. The Morgan fingerprint density at radius 1 is 1.52 bits per heavy atom. The van der Waals surface area contributed by atoms with E-state index in [0.29, 0.717) is 0 Å². The maximum atomic E-state index is 15.2. The predicted octanol–water partition coefficient (Wildman–Crippen LogP) is 1.60. The summed E-state index contributed by atoms with van der Waals surface area (Å²) in [6, 6.07) is 0. The van der Waals surface area contributed by atoms with Crippen LogP contribution in [0.15, 0.2) is 15.8 Å². The zero-order chi connectivity index (χ0) is 18.6. The number of ether oxygens (including phenoxy) is 1. The minimum Gasteiger partial charge on any atom is -0.344 e. The second kappa shape index (κ2) is 6.29. The van der Waals surface area contributed by atoms with Crippen LogP contribution >= 0.6 is 19.4 Å². The van der Waals surface area contributed by atoms with Gasteiger partial charge in [-0.15, -0.1) is 0 Å². The van der Waals surface area contributed by atoms with Crippen LogP contribution < -0.4 is 11.2 Å². The van der Waals surface area contributed by atoms with Crippen LogP contribution in [0.2, 0.25) is 0 Å². The second-order valence-electron chi connectivity index (χ2n) is 6.10. The predicted molar refractivity (Wildman–Crippen MR) is 84.3 cm³/mol. The molecule has 2 fully saturated rings. The molecule has 1 aromatic rings. The van der Waals surface area contributed by atoms with Crippen LogP contribution in [-0.2, 0) is 22.9 Å². The van der Waals surface area contributed by atoms with Crippen molar-refractivity contribution < 1.29 is 27.3 Å². The van der Waals surface area contributed by atoms with E-state index in [1.807, 2.05) is 4.98 Å². The number of rotatable bonds is 3. The fraction of sp³-hybridized carbons (Fsp3) is 0.692. The summed E-state index contributed by atoms with van der Waals surface area (Å²) in [6.45, 7) is 4.37. The molecule has 0 aromatic carbocycles. The van der Waals surface area contributed by atoms with E-state index in [4.69, 9.17) is 29.9 Å². The Morgan fingerprint density at radius 2 is 2.20 bits per heavy atom. The summed E-state index contributed by atoms with van der Waals surface area (Å²) in [4.78, 5) is 25.5. The lowest BCUT2D eigenvalue weighted by molar-refractivity contribution is -0.0749. The van der Waals surface area contributed by atoms with Gasteiger partial charge >= 0.3 is 13.5 Å². The number of phosphoric acid groups is 1. The average molecular weight is 399 g/mol. The van der Waals surface area contributed by atoms with E-state index < -0.39 is 48.7 Å². The summed E-state index contributed by atoms with van der Waals surface area (Å²) in [6.07, 6.45) is -3.47. The van der Waals surface area contributed by atoms with E-state index in [2.05, 4.69) is 0 Å². The lowest BCUT2D eigenvalue weighted by atomic mass is 10.1. The van der Waals surface area contributed by atoms with Crippen LogP contribution in [0.4, 0.5) is 4.39 Å². The Bertz CT molecular complexity index is 838. The first-order valence-corrected chi connectivity index (χ1v) is 9.34. The fourth-order valence-electron chi connectivity index (χ4n) is 2.64. The van der Waals surface area contributed by atoms with Crippen LogP contribution in [0.5, 0.6) is 0 Å². The molecule has 0 spiro atoms. The number of aryl methyl sites for hydroxylation is 1. The number of nitrogens with one attached hydrogen (secondary N) is 1. The van der Waals surface area contributed by atoms with Crippen molar-refractivity contribution in [3.63, 3.8) is 0 Å². The third kappa shape index (κ3) is 3.34. The number of alkyl halides is 2. The quantitative estimate of drug-likeness (QED) is 0.608. The maximum Gasteiger partial charge on any atom is 0.475 e. The third-order valence-electron chi connectivity index (χ3n) is 3.73. The van der Waals surface area contributed by atoms with Gasteiger partial charge in [-0.25, -0.2) is 13.8 Å². The fourth-order valence-corrected chi connectivity index (χ4v) is 4.63. The molecule has 0 radical (unpaired) electrons. The van der Waals surface area contributed by atoms with Crippen molar-refractivity contribution in [2.24, 2.45) is 0 Å². The summed E-state index contributed by atoms with van der Waals surface area (Å²) in [7, 11) is -4.02. The van der Waals surface area contributed by atoms with Crippen LogP contribution in [0.3, 0.4) is 0 Å². The highest BCUT2D eigenvalue weighted by molar-refractivity contribution is 7.48. The first-order valence-electron chi connectivity index (χ1n) is 7.50. The van der Waals surface area contributed by atoms with Crippen molar-refractivity contribution in [1.29, 1.82) is 0 Å². The van der Waals surface area contributed by atoms with E-state index in [0.717, 1.165) is 10.8 Å². The van der Waals surface area contributed by atoms with Crippen molar-refractivity contribution in [2.75, 3.05) is 6.61 Å². The summed E-state index contributed by atoms with van der Waals surface area (Å²) in [5.41, 5.74) is -1.34. The Balaban J connectivity index is 1.94. The van der Waals surface area contributed by atoms with Crippen LogP contribution in [0.25, 0.3) is 0 Å². The maximum absolute atomic E-state index is 15.2. The Hall–Kier alpha value is -1.03. The van der Waals surface area contributed by atoms with Gasteiger partial charge in [0.25, 0.3) is 10.7 Å². The van der Waals surface area contributed by atoms with Gasteiger partial charge in [-0.1, -0.05) is 11.6 Å². The molecule has 0 bridgehead atoms. The molecule has 2 aliphatic rings. The van der Waals surface area contributed by atoms with E-state index in [-0.39, 0.29) is 12.2 Å². The molecule has 140 valence electrons. The third-order valence-corrected chi connectivity index (χ3v) is 5.76. The molecule has 1 unspecified atom stereocenters. The molecule has 0 amide bonds. The van der Waals surface area contributed by atoms with E-state index >= 15 is 4.39 Å². The number of halogens is 2. The van der Waals surface area contributed by atoms with Crippen LogP contribution in [-0.4, -0.2) is 39.6 Å². The number of aromatic nitrogens is 2. The van der Waals surface area contributed by atoms with Crippen molar-refractivity contribution in [2.45, 2.75) is 50.4 Å². The van der Waals surface area contributed by atoms with Crippen molar-refractivity contribution in [3.8, 4) is 0 Å². The van der Waals surface area contributed by atoms with Crippen molar-refractivity contribution in [1.82, 2.24) is 9.55 Å². The molecule has 3 rings (SSSR count). The number of aromatic amines is 1. The normalized spacial score (nSPS) is 38.1. The minimum atomic E-state index is -4.02. The summed E-state index contributed by atoms with van der Waals surface area (Å²) in [5.74, 6) is 0. The number of fused-ring (bicyclic) bond motifs is 1. The summed E-state index contributed by atoms with van der Waals surface area (Å²) >= 11 is 5.97. The molecule has 25 heavy (non-hydrogen) atoms. The van der Waals surface area contributed by atoms with Gasteiger partial charge in [0.05, 0.1) is 12.7 Å². The summed E-state index contributed by atoms with van der Waals surface area (Å²) < 4.78 is 49.2. The Kier molecular flexibility index (Phi) is 4.72. The number of hydrogen-bond donors (Lipinski definition) is 1. The van der Waals surface area contributed by atoms with Gasteiger partial charge in [0.1, 0.15) is 6.10 Å². The van der Waals surface area contributed by atoms with Gasteiger partial charge in [0.15, 0.2) is 12.3 Å². The van der Waals surface area contributed by atoms with Gasteiger partial charge in [-0.2, -0.15) is 0 Å². The van der Waals surface area contributed by atoms with Gasteiger partial charge in [-0.05, 0) is 20.8 Å². The molecule has 1 N–H and O–H groups in total. The molecule has 12 heteroatoms. The second-order valence-corrected chi connectivity index (χ2v) is 8.26. The summed E-state index contributed by atoms with van der Waals surface area (Å²) in [5, 5.41) is -2.74. The van der Waals surface area contributed by atoms with Gasteiger partial charge in [0.2, 0.25) is 0 Å². The molecular formula is C13H17ClFN2O7P. The van der Waals surface area contributed by atoms with E-state index in [9.17, 15) is 14.2 Å². The highest BCUT2D eigenvalue weighted by atomic mass is 35.5. The van der Waals surface area contributed by atoms with Crippen LogP contribution in [0.1, 0.15) is 25.6 Å². The van der Waals surface area contributed by atoms with Crippen molar-refractivity contribution >= 4 is 19.4 Å². The highest BCUT2D eigenvalue weighted by Crippen LogP contribution is 2.60. The monoisotopic (exact) mass is 398 g/mol. The number of H-pyrrole nitrogens is 1. The largest absolute Gasteiger partial charge is 0.475 e. The Labute approximate surface area is 146 Å². The lowest BCUT2D eigenvalue weighted by Gasteiger charge is -2.33. The SMILES string of the molecule is Cc1cn([C@@H]2O[C@@H]3COP(=O)(OC(C)C)O[C@H]3[C@@]2(F)Cl)c(=O)[nH]c1=O. The molecular weight excluding hydrogens is 382 g/mol. The molecule has 0 saturated carbocycles. The van der Waals surface area contributed by atoms with Gasteiger partial charge < -0.3 is 4.74 Å². The number of nitrogens with zero attached hydrogens (tertiary/aromatic N) is 1. The van der Waals surface area contributed by atoms with Gasteiger partial charge in [-0.3, -0.25) is 27.9 Å². The number of phosphoric ester groups is 1. The zero-order valence-electron chi connectivity index (χ0n) is 13.6. The van der Waals surface area contributed by atoms with E-state index in [1.54, 1.807) is 13.8 Å². The first kappa shape index (κ1) is 18.8. The van der Waals surface area contributed by atoms with E-state index in [1.165, 1.54) is 6.92 Å². The minimum absolute atomic E-state index is 0.163. The average Bonchev–Trinajstić information content (AvgIpc) is 2.73. The van der Waals surface area contributed by atoms with Gasteiger partial charge in [0, 0.05) is 11.8 Å².